The van der Waals surface area contributed by atoms with Crippen molar-refractivity contribution in [3.05, 3.63) is 72.3 Å². The number of rotatable bonds is 9. The van der Waals surface area contributed by atoms with Crippen LogP contribution in [0.25, 0.3) is 5.69 Å². The highest BCUT2D eigenvalue weighted by atomic mass is 19.1. The van der Waals surface area contributed by atoms with Gasteiger partial charge in [-0.25, -0.2) is 13.9 Å². The summed E-state index contributed by atoms with van der Waals surface area (Å²) in [4.78, 5) is 25.7. The molecule has 8 nitrogen and oxygen atoms in total. The fourth-order valence-electron chi connectivity index (χ4n) is 3.63. The molecule has 1 amide bonds. The molecule has 4 rings (SSSR count). The lowest BCUT2D eigenvalue weighted by Crippen LogP contribution is -2.48. The predicted octanol–water partition coefficient (Wildman–Crippen LogP) is 2.06. The van der Waals surface area contributed by atoms with E-state index in [0.29, 0.717) is 12.1 Å². The number of carbonyl (C=O) groups is 2. The number of hydrogen-bond donors (Lipinski definition) is 1. The third-order valence-electron chi connectivity index (χ3n) is 5.42. The van der Waals surface area contributed by atoms with Crippen molar-refractivity contribution in [1.29, 1.82) is 0 Å². The fourth-order valence-corrected chi connectivity index (χ4v) is 3.63. The minimum atomic E-state index is -0.825. The van der Waals surface area contributed by atoms with Gasteiger partial charge in [0.25, 0.3) is 0 Å². The number of hydrogen-bond acceptors (Lipinski definition) is 6. The molecule has 31 heavy (non-hydrogen) atoms. The Morgan fingerprint density at radius 1 is 1.29 bits per heavy atom. The topological polar surface area (TPSA) is 89.4 Å². The van der Waals surface area contributed by atoms with E-state index in [1.807, 2.05) is 0 Å². The first-order valence-electron chi connectivity index (χ1n) is 9.87. The van der Waals surface area contributed by atoms with Gasteiger partial charge in [-0.15, -0.1) is 5.10 Å². The number of anilines is 1. The summed E-state index contributed by atoms with van der Waals surface area (Å²) in [5.74, 6) is -0.527. The van der Waals surface area contributed by atoms with Gasteiger partial charge in [-0.1, -0.05) is 17.3 Å². The summed E-state index contributed by atoms with van der Waals surface area (Å²) < 4.78 is 19.7. The summed E-state index contributed by atoms with van der Waals surface area (Å²) in [6.07, 6.45) is 4.79. The van der Waals surface area contributed by atoms with Crippen molar-refractivity contribution in [2.24, 2.45) is 0 Å². The number of esters is 1. The summed E-state index contributed by atoms with van der Waals surface area (Å²) in [5.41, 5.74) is 2.38. The zero-order valence-electron chi connectivity index (χ0n) is 16.9. The fraction of sp³-hybridized carbons (Fsp3) is 0.273. The Hall–Kier alpha value is -3.59. The summed E-state index contributed by atoms with van der Waals surface area (Å²) in [6.45, 7) is 0.235. The van der Waals surface area contributed by atoms with Crippen molar-refractivity contribution < 1.29 is 18.7 Å². The maximum atomic E-state index is 13.1. The molecule has 1 aliphatic carbocycles. The molecule has 0 saturated heterocycles. The number of halogens is 1. The molecule has 3 atom stereocenters. The summed E-state index contributed by atoms with van der Waals surface area (Å²) >= 11 is 0. The average molecular weight is 423 g/mol. The lowest BCUT2D eigenvalue weighted by atomic mass is 10.1. The first-order chi connectivity index (χ1) is 15.1. The molecule has 0 bridgehead atoms. The van der Waals surface area contributed by atoms with E-state index < -0.39 is 12.0 Å². The molecule has 1 N–H and O–H groups in total. The van der Waals surface area contributed by atoms with Gasteiger partial charge in [0.2, 0.25) is 6.41 Å². The number of methoxy groups -OCH3 is 1. The van der Waals surface area contributed by atoms with E-state index in [1.165, 1.54) is 24.1 Å². The maximum absolute atomic E-state index is 13.1. The molecule has 9 heteroatoms. The van der Waals surface area contributed by atoms with Crippen molar-refractivity contribution in [1.82, 2.24) is 20.3 Å². The van der Waals surface area contributed by atoms with Gasteiger partial charge in [0, 0.05) is 24.2 Å². The first kappa shape index (κ1) is 20.7. The van der Waals surface area contributed by atoms with Crippen LogP contribution in [0.4, 0.5) is 10.1 Å². The lowest BCUT2D eigenvalue weighted by molar-refractivity contribution is -0.142. The second kappa shape index (κ2) is 9.05. The standard InChI is InChI=1S/C22H22FN5O3/c1-31-22(30)21(13-24-20-12-19(20)15-2-4-16(23)5-3-15)27(14-29)17-6-8-18(9-7-17)28-11-10-25-26-28/h2-11,14,19-21,24H,12-13H2,1H3/t19-,20+,21?/m0/s1. The minimum Gasteiger partial charge on any atom is -0.467 e. The Balaban J connectivity index is 1.44. The first-order valence-corrected chi connectivity index (χ1v) is 9.87. The Kier molecular flexibility index (Phi) is 6.03. The molecule has 0 aliphatic heterocycles. The number of amides is 1. The van der Waals surface area contributed by atoms with Gasteiger partial charge in [-0.05, 0) is 48.4 Å². The van der Waals surface area contributed by atoms with Gasteiger partial charge in [0.1, 0.15) is 11.9 Å². The van der Waals surface area contributed by atoms with Crippen LogP contribution in [-0.2, 0) is 14.3 Å². The molecular weight excluding hydrogens is 401 g/mol. The molecule has 0 spiro atoms. The van der Waals surface area contributed by atoms with Crippen molar-refractivity contribution in [3.63, 3.8) is 0 Å². The van der Waals surface area contributed by atoms with E-state index in [1.54, 1.807) is 53.5 Å². The molecule has 3 aromatic rings. The van der Waals surface area contributed by atoms with E-state index in [9.17, 15) is 14.0 Å². The molecule has 2 aromatic carbocycles. The molecule has 1 aromatic heterocycles. The Labute approximate surface area is 178 Å². The number of benzene rings is 2. The van der Waals surface area contributed by atoms with Crippen LogP contribution in [0.15, 0.2) is 60.9 Å². The van der Waals surface area contributed by atoms with E-state index in [2.05, 4.69) is 15.6 Å². The molecular formula is C22H22FN5O3. The molecule has 1 heterocycles. The smallest absolute Gasteiger partial charge is 0.330 e. The number of carbonyl (C=O) groups excluding carboxylic acids is 2. The average Bonchev–Trinajstić information content (AvgIpc) is 3.36. The second-order valence-electron chi connectivity index (χ2n) is 7.32. The van der Waals surface area contributed by atoms with Crippen molar-refractivity contribution in [2.45, 2.75) is 24.4 Å². The Morgan fingerprint density at radius 3 is 2.65 bits per heavy atom. The van der Waals surface area contributed by atoms with Crippen molar-refractivity contribution >= 4 is 18.1 Å². The Morgan fingerprint density at radius 2 is 2.03 bits per heavy atom. The Bertz CT molecular complexity index is 1020. The second-order valence-corrected chi connectivity index (χ2v) is 7.32. The van der Waals surface area contributed by atoms with Gasteiger partial charge in [0.15, 0.2) is 0 Å². The normalized spacial score (nSPS) is 18.3. The van der Waals surface area contributed by atoms with Crippen LogP contribution in [0.1, 0.15) is 17.9 Å². The highest BCUT2D eigenvalue weighted by molar-refractivity contribution is 5.89. The van der Waals surface area contributed by atoms with Crippen LogP contribution < -0.4 is 10.2 Å². The third kappa shape index (κ3) is 4.61. The highest BCUT2D eigenvalue weighted by Gasteiger charge is 2.39. The van der Waals surface area contributed by atoms with E-state index in [4.69, 9.17) is 4.74 Å². The van der Waals surface area contributed by atoms with Gasteiger partial charge < -0.3 is 10.1 Å². The summed E-state index contributed by atoms with van der Waals surface area (Å²) in [6, 6.07) is 12.8. The molecule has 0 radical (unpaired) electrons. The summed E-state index contributed by atoms with van der Waals surface area (Å²) in [7, 11) is 1.30. The maximum Gasteiger partial charge on any atom is 0.330 e. The summed E-state index contributed by atoms with van der Waals surface area (Å²) in [5, 5.41) is 11.0. The van der Waals surface area contributed by atoms with Gasteiger partial charge in [-0.2, -0.15) is 0 Å². The van der Waals surface area contributed by atoms with E-state index in [0.717, 1.165) is 17.7 Å². The quantitative estimate of drug-likeness (QED) is 0.419. The highest BCUT2D eigenvalue weighted by Crippen LogP contribution is 2.40. The monoisotopic (exact) mass is 423 g/mol. The van der Waals surface area contributed by atoms with Crippen LogP contribution in [0.2, 0.25) is 0 Å². The molecule has 1 saturated carbocycles. The van der Waals surface area contributed by atoms with Crippen LogP contribution >= 0.6 is 0 Å². The largest absolute Gasteiger partial charge is 0.467 e. The van der Waals surface area contributed by atoms with Crippen LogP contribution in [0.3, 0.4) is 0 Å². The SMILES string of the molecule is COC(=O)C(CN[C@@H]1C[C@H]1c1ccc(F)cc1)N(C=O)c1ccc(-n2ccnn2)cc1. The number of nitrogens with zero attached hydrogens (tertiary/aromatic N) is 4. The zero-order valence-corrected chi connectivity index (χ0v) is 16.9. The molecule has 160 valence electrons. The molecule has 1 fully saturated rings. The lowest BCUT2D eigenvalue weighted by Gasteiger charge is -2.27. The molecule has 1 unspecified atom stereocenters. The zero-order chi connectivity index (χ0) is 21.8. The number of nitrogens with one attached hydrogen (secondary N) is 1. The predicted molar refractivity (Wildman–Crippen MR) is 111 cm³/mol. The number of ether oxygens (including phenoxy) is 1. The third-order valence-corrected chi connectivity index (χ3v) is 5.42. The van der Waals surface area contributed by atoms with Crippen molar-refractivity contribution in [2.75, 3.05) is 18.6 Å². The minimum absolute atomic E-state index is 0.154. The van der Waals surface area contributed by atoms with E-state index >= 15 is 0 Å². The van der Waals surface area contributed by atoms with Crippen molar-refractivity contribution in [3.8, 4) is 5.69 Å². The number of aromatic nitrogens is 3. The van der Waals surface area contributed by atoms with Gasteiger partial charge >= 0.3 is 5.97 Å². The van der Waals surface area contributed by atoms with Crippen LogP contribution in [0.5, 0.6) is 0 Å². The van der Waals surface area contributed by atoms with E-state index in [-0.39, 0.29) is 24.3 Å². The van der Waals surface area contributed by atoms with Gasteiger partial charge in [-0.3, -0.25) is 9.69 Å². The molecule has 1 aliphatic rings. The van der Waals surface area contributed by atoms with Gasteiger partial charge in [0.05, 0.1) is 25.2 Å². The van der Waals surface area contributed by atoms with Crippen LogP contribution in [0, 0.1) is 5.82 Å². The van der Waals surface area contributed by atoms with Crippen LogP contribution in [-0.4, -0.2) is 53.1 Å².